The summed E-state index contributed by atoms with van der Waals surface area (Å²) in [5, 5.41) is 19.0. The Morgan fingerprint density at radius 3 is 2.60 bits per heavy atom. The third-order valence-corrected chi connectivity index (χ3v) is 2.06. The maximum absolute atomic E-state index is 11.0. The second-order valence-electron chi connectivity index (χ2n) is 2.78. The highest BCUT2D eigenvalue weighted by Crippen LogP contribution is 2.29. The standard InChI is InChI=1S/C9H5ClN2O3/c1-5(13)6-2-7(4-11)9(12(14)15)8(10)3-6/h2-3H,1H3. The molecule has 0 N–H and O–H groups in total. The molecule has 1 aromatic rings. The largest absolute Gasteiger partial charge is 0.305 e. The molecule has 0 atom stereocenters. The van der Waals surface area contributed by atoms with Crippen LogP contribution in [0.5, 0.6) is 0 Å². The molecule has 0 saturated heterocycles. The van der Waals surface area contributed by atoms with Gasteiger partial charge in [-0.05, 0) is 19.1 Å². The van der Waals surface area contributed by atoms with Gasteiger partial charge < -0.3 is 0 Å². The number of Topliss-reactive ketones (excluding diaryl/α,β-unsaturated/α-hetero) is 1. The molecule has 5 nitrogen and oxygen atoms in total. The number of ketones is 1. The van der Waals surface area contributed by atoms with Gasteiger partial charge in [-0.15, -0.1) is 0 Å². The van der Waals surface area contributed by atoms with Gasteiger partial charge in [-0.2, -0.15) is 5.26 Å². The molecule has 0 aliphatic heterocycles. The number of carbonyl (C=O) groups is 1. The zero-order valence-electron chi connectivity index (χ0n) is 7.65. The Morgan fingerprint density at radius 1 is 1.60 bits per heavy atom. The predicted octanol–water partition coefficient (Wildman–Crippen LogP) is 2.32. The summed E-state index contributed by atoms with van der Waals surface area (Å²) in [5.41, 5.74) is -0.496. The van der Waals surface area contributed by atoms with Crippen molar-refractivity contribution in [2.75, 3.05) is 0 Å². The Bertz CT molecular complexity index is 491. The van der Waals surface area contributed by atoms with E-state index in [1.807, 2.05) is 0 Å². The molecule has 0 radical (unpaired) electrons. The molecule has 0 amide bonds. The Hall–Kier alpha value is -1.93. The van der Waals surface area contributed by atoms with Crippen LogP contribution in [0.1, 0.15) is 22.8 Å². The summed E-state index contributed by atoms with van der Waals surface area (Å²) < 4.78 is 0. The lowest BCUT2D eigenvalue weighted by molar-refractivity contribution is -0.385. The number of nitrogens with zero attached hydrogens (tertiary/aromatic N) is 2. The van der Waals surface area contributed by atoms with Crippen LogP contribution in [0.4, 0.5) is 5.69 Å². The Morgan fingerprint density at radius 2 is 2.20 bits per heavy atom. The molecule has 0 fully saturated rings. The van der Waals surface area contributed by atoms with Crippen molar-refractivity contribution in [3.63, 3.8) is 0 Å². The summed E-state index contributed by atoms with van der Waals surface area (Å²) in [6.45, 7) is 1.29. The Labute approximate surface area is 90.0 Å². The van der Waals surface area contributed by atoms with E-state index < -0.39 is 10.6 Å². The average Bonchev–Trinajstić information content (AvgIpc) is 2.15. The molecule has 0 aliphatic carbocycles. The van der Waals surface area contributed by atoms with Crippen LogP contribution in [0, 0.1) is 21.4 Å². The number of halogens is 1. The lowest BCUT2D eigenvalue weighted by atomic mass is 10.1. The number of hydrogen-bond acceptors (Lipinski definition) is 4. The summed E-state index contributed by atoms with van der Waals surface area (Å²) in [5.74, 6) is -0.303. The third-order valence-electron chi connectivity index (χ3n) is 1.77. The van der Waals surface area contributed by atoms with E-state index in [2.05, 4.69) is 0 Å². The second-order valence-corrected chi connectivity index (χ2v) is 3.19. The molecule has 1 aromatic carbocycles. The van der Waals surface area contributed by atoms with Crippen LogP contribution < -0.4 is 0 Å². The lowest BCUT2D eigenvalue weighted by Crippen LogP contribution is -1.98. The van der Waals surface area contributed by atoms with E-state index in [4.69, 9.17) is 16.9 Å². The van der Waals surface area contributed by atoms with E-state index in [1.54, 1.807) is 6.07 Å². The minimum Gasteiger partial charge on any atom is -0.295 e. The average molecular weight is 225 g/mol. The molecule has 0 bridgehead atoms. The van der Waals surface area contributed by atoms with Crippen molar-refractivity contribution in [3.8, 4) is 6.07 Å². The van der Waals surface area contributed by atoms with Crippen LogP contribution >= 0.6 is 11.6 Å². The Kier molecular flexibility index (Phi) is 3.02. The molecule has 0 saturated carbocycles. The van der Waals surface area contributed by atoms with Crippen molar-refractivity contribution in [3.05, 3.63) is 38.4 Å². The first-order valence-electron chi connectivity index (χ1n) is 3.86. The summed E-state index contributed by atoms with van der Waals surface area (Å²) in [7, 11) is 0. The summed E-state index contributed by atoms with van der Waals surface area (Å²) in [4.78, 5) is 20.8. The van der Waals surface area contributed by atoms with Gasteiger partial charge in [0.2, 0.25) is 0 Å². The van der Waals surface area contributed by atoms with Gasteiger partial charge in [0.05, 0.1) is 4.92 Å². The van der Waals surface area contributed by atoms with E-state index in [0.29, 0.717) is 0 Å². The highest BCUT2D eigenvalue weighted by molar-refractivity contribution is 6.33. The highest BCUT2D eigenvalue weighted by atomic mass is 35.5. The smallest absolute Gasteiger partial charge is 0.295 e. The summed E-state index contributed by atoms with van der Waals surface area (Å²) in [6.07, 6.45) is 0. The van der Waals surface area contributed by atoms with Crippen molar-refractivity contribution < 1.29 is 9.72 Å². The number of rotatable bonds is 2. The monoisotopic (exact) mass is 224 g/mol. The SMILES string of the molecule is CC(=O)c1cc(Cl)c([N+](=O)[O-])c(C#N)c1. The number of nitriles is 1. The third kappa shape index (κ3) is 2.11. The molecular formula is C9H5ClN2O3. The van der Waals surface area contributed by atoms with Gasteiger partial charge in [-0.3, -0.25) is 14.9 Å². The van der Waals surface area contributed by atoms with Crippen molar-refractivity contribution in [2.24, 2.45) is 0 Å². The van der Waals surface area contributed by atoms with E-state index >= 15 is 0 Å². The topological polar surface area (TPSA) is 84.0 Å². The summed E-state index contributed by atoms with van der Waals surface area (Å²) in [6, 6.07) is 3.98. The first-order chi connectivity index (χ1) is 6.97. The van der Waals surface area contributed by atoms with Crippen LogP contribution in [-0.4, -0.2) is 10.7 Å². The van der Waals surface area contributed by atoms with Crippen molar-refractivity contribution in [2.45, 2.75) is 6.92 Å². The lowest BCUT2D eigenvalue weighted by Gasteiger charge is -2.00. The molecule has 0 heterocycles. The molecule has 0 aliphatic rings. The van der Waals surface area contributed by atoms with Crippen LogP contribution in [0.2, 0.25) is 5.02 Å². The number of nitro benzene ring substituents is 1. The van der Waals surface area contributed by atoms with Crippen molar-refractivity contribution in [1.29, 1.82) is 5.26 Å². The van der Waals surface area contributed by atoms with Gasteiger partial charge >= 0.3 is 5.69 Å². The highest BCUT2D eigenvalue weighted by Gasteiger charge is 2.20. The van der Waals surface area contributed by atoms with E-state index in [-0.39, 0.29) is 21.9 Å². The fourth-order valence-electron chi connectivity index (χ4n) is 1.07. The quantitative estimate of drug-likeness (QED) is 0.438. The number of benzene rings is 1. The minimum atomic E-state index is -0.745. The molecule has 6 heteroatoms. The van der Waals surface area contributed by atoms with E-state index in [0.717, 1.165) is 6.07 Å². The predicted molar refractivity (Wildman–Crippen MR) is 52.8 cm³/mol. The molecule has 15 heavy (non-hydrogen) atoms. The van der Waals surface area contributed by atoms with Gasteiger partial charge in [0.15, 0.2) is 5.78 Å². The zero-order chi connectivity index (χ0) is 11.6. The first-order valence-corrected chi connectivity index (χ1v) is 4.24. The van der Waals surface area contributed by atoms with Gasteiger partial charge in [0.1, 0.15) is 16.7 Å². The minimum absolute atomic E-state index is 0.183. The maximum Gasteiger partial charge on any atom is 0.305 e. The normalized spacial score (nSPS) is 9.40. The molecular weight excluding hydrogens is 220 g/mol. The van der Waals surface area contributed by atoms with E-state index in [1.165, 1.54) is 13.0 Å². The fraction of sp³-hybridized carbons (Fsp3) is 0.111. The molecule has 1 rings (SSSR count). The number of nitro groups is 1. The van der Waals surface area contributed by atoms with Gasteiger partial charge in [0, 0.05) is 5.56 Å². The van der Waals surface area contributed by atoms with Gasteiger partial charge in [-0.1, -0.05) is 11.6 Å². The van der Waals surface area contributed by atoms with Gasteiger partial charge in [-0.25, -0.2) is 0 Å². The molecule has 0 unspecified atom stereocenters. The fourth-order valence-corrected chi connectivity index (χ4v) is 1.36. The van der Waals surface area contributed by atoms with E-state index in [9.17, 15) is 14.9 Å². The van der Waals surface area contributed by atoms with Crippen LogP contribution in [0.25, 0.3) is 0 Å². The van der Waals surface area contributed by atoms with Crippen LogP contribution in [0.15, 0.2) is 12.1 Å². The van der Waals surface area contributed by atoms with Gasteiger partial charge in [0.25, 0.3) is 0 Å². The maximum atomic E-state index is 11.0. The number of hydrogen-bond donors (Lipinski definition) is 0. The molecule has 0 aromatic heterocycles. The van der Waals surface area contributed by atoms with Crippen molar-refractivity contribution in [1.82, 2.24) is 0 Å². The first kappa shape index (κ1) is 11.1. The zero-order valence-corrected chi connectivity index (χ0v) is 8.41. The number of carbonyl (C=O) groups excluding carboxylic acids is 1. The second kappa shape index (κ2) is 4.07. The molecule has 76 valence electrons. The molecule has 0 spiro atoms. The Balaban J connectivity index is 3.53. The summed E-state index contributed by atoms with van der Waals surface area (Å²) >= 11 is 5.61. The van der Waals surface area contributed by atoms with Crippen LogP contribution in [-0.2, 0) is 0 Å². The van der Waals surface area contributed by atoms with Crippen molar-refractivity contribution >= 4 is 23.1 Å². The van der Waals surface area contributed by atoms with Crippen LogP contribution in [0.3, 0.4) is 0 Å².